The second-order valence-electron chi connectivity index (χ2n) is 10.7. The summed E-state index contributed by atoms with van der Waals surface area (Å²) in [5.41, 5.74) is 5.21. The second kappa shape index (κ2) is 11.6. The minimum atomic E-state index is -0.376. The van der Waals surface area contributed by atoms with Gasteiger partial charge in [-0.2, -0.15) is 5.10 Å². The van der Waals surface area contributed by atoms with Gasteiger partial charge in [-0.25, -0.2) is 14.6 Å². The summed E-state index contributed by atoms with van der Waals surface area (Å²) >= 11 is 0. The fourth-order valence-electron chi connectivity index (χ4n) is 5.91. The van der Waals surface area contributed by atoms with E-state index in [0.717, 1.165) is 99.0 Å². The molecule has 2 atom stereocenters. The maximum Gasteiger partial charge on any atom is 0.225 e. The van der Waals surface area contributed by atoms with Crippen LogP contribution in [0.3, 0.4) is 0 Å². The van der Waals surface area contributed by atoms with E-state index in [9.17, 15) is 9.90 Å². The topological polar surface area (TPSA) is 90.6 Å². The third-order valence-electron chi connectivity index (χ3n) is 7.87. The number of anilines is 2. The van der Waals surface area contributed by atoms with Crippen LogP contribution in [0.2, 0.25) is 0 Å². The molecule has 0 bridgehead atoms. The SMILES string of the molecule is Cc1cc(C)n(C(C=O)N2CCN(c3ccccc3-c3cnc(N4CCC(CC(C)O)CC4)nc3)CC2)n1. The highest BCUT2D eigenvalue weighted by Crippen LogP contribution is 2.32. The lowest BCUT2D eigenvalue weighted by Gasteiger charge is -2.39. The number of nitrogens with zero attached hydrogens (tertiary/aromatic N) is 7. The third kappa shape index (κ3) is 5.73. The first-order valence-corrected chi connectivity index (χ1v) is 13.7. The minimum Gasteiger partial charge on any atom is -0.393 e. The summed E-state index contributed by atoms with van der Waals surface area (Å²) in [6, 6.07) is 10.4. The van der Waals surface area contributed by atoms with E-state index in [1.165, 1.54) is 0 Å². The Labute approximate surface area is 225 Å². The lowest BCUT2D eigenvalue weighted by Crippen LogP contribution is -2.49. The van der Waals surface area contributed by atoms with Gasteiger partial charge in [-0.3, -0.25) is 9.69 Å². The summed E-state index contributed by atoms with van der Waals surface area (Å²) in [7, 11) is 0. The Bertz CT molecular complexity index is 1210. The van der Waals surface area contributed by atoms with E-state index < -0.39 is 0 Å². The molecule has 2 aliphatic rings. The number of hydrogen-bond donors (Lipinski definition) is 1. The molecule has 0 radical (unpaired) electrons. The first-order chi connectivity index (χ1) is 18.4. The van der Waals surface area contributed by atoms with Crippen LogP contribution in [0.5, 0.6) is 0 Å². The first-order valence-electron chi connectivity index (χ1n) is 13.7. The summed E-state index contributed by atoms with van der Waals surface area (Å²) < 4.78 is 1.83. The molecule has 0 amide bonds. The highest BCUT2D eigenvalue weighted by Gasteiger charge is 2.27. The molecule has 1 aromatic carbocycles. The van der Waals surface area contributed by atoms with E-state index in [0.29, 0.717) is 5.92 Å². The predicted octanol–water partition coefficient (Wildman–Crippen LogP) is 3.46. The number of para-hydroxylation sites is 1. The number of aliphatic hydroxyl groups excluding tert-OH is 1. The first kappa shape index (κ1) is 26.3. The lowest BCUT2D eigenvalue weighted by atomic mass is 9.92. The monoisotopic (exact) mass is 517 g/mol. The van der Waals surface area contributed by atoms with Crippen molar-refractivity contribution < 1.29 is 9.90 Å². The number of carbonyl (C=O) groups excluding carboxylic acids is 1. The fraction of sp³-hybridized carbons (Fsp3) is 0.517. The summed E-state index contributed by atoms with van der Waals surface area (Å²) in [5, 5.41) is 14.2. The van der Waals surface area contributed by atoms with Gasteiger partial charge in [-0.05, 0) is 58.1 Å². The van der Waals surface area contributed by atoms with Crippen LogP contribution in [0.4, 0.5) is 11.6 Å². The molecule has 1 N–H and O–H groups in total. The van der Waals surface area contributed by atoms with E-state index in [1.54, 1.807) is 0 Å². The smallest absolute Gasteiger partial charge is 0.225 e. The van der Waals surface area contributed by atoms with Gasteiger partial charge in [0.2, 0.25) is 5.95 Å². The van der Waals surface area contributed by atoms with Gasteiger partial charge in [-0.1, -0.05) is 18.2 Å². The zero-order valence-corrected chi connectivity index (χ0v) is 22.7. The van der Waals surface area contributed by atoms with Crippen LogP contribution in [0.25, 0.3) is 11.1 Å². The van der Waals surface area contributed by atoms with Gasteiger partial charge in [-0.15, -0.1) is 0 Å². The van der Waals surface area contributed by atoms with Crippen molar-refractivity contribution in [3.63, 3.8) is 0 Å². The Morgan fingerprint density at radius 2 is 1.68 bits per heavy atom. The zero-order chi connectivity index (χ0) is 26.6. The molecule has 202 valence electrons. The van der Waals surface area contributed by atoms with Crippen molar-refractivity contribution in [3.8, 4) is 11.1 Å². The number of aliphatic hydroxyl groups is 1. The predicted molar refractivity (Wildman–Crippen MR) is 149 cm³/mol. The quantitative estimate of drug-likeness (QED) is 0.455. The van der Waals surface area contributed by atoms with Gasteiger partial charge < -0.3 is 14.9 Å². The molecule has 0 spiro atoms. The second-order valence-corrected chi connectivity index (χ2v) is 10.7. The Morgan fingerprint density at radius 1 is 1.00 bits per heavy atom. The fourth-order valence-corrected chi connectivity index (χ4v) is 5.91. The molecule has 3 aromatic rings. The molecule has 2 aromatic heterocycles. The van der Waals surface area contributed by atoms with Crippen molar-refractivity contribution in [1.29, 1.82) is 0 Å². The number of hydrogen-bond acceptors (Lipinski definition) is 8. The van der Waals surface area contributed by atoms with Crippen molar-refractivity contribution in [1.82, 2.24) is 24.6 Å². The summed E-state index contributed by atoms with van der Waals surface area (Å²) in [4.78, 5) is 28.3. The molecule has 5 rings (SSSR count). The Kier molecular flexibility index (Phi) is 8.04. The van der Waals surface area contributed by atoms with E-state index in [-0.39, 0.29) is 12.3 Å². The van der Waals surface area contributed by atoms with Crippen molar-refractivity contribution >= 4 is 17.9 Å². The van der Waals surface area contributed by atoms with Gasteiger partial charge in [0.25, 0.3) is 0 Å². The lowest BCUT2D eigenvalue weighted by molar-refractivity contribution is -0.116. The zero-order valence-electron chi connectivity index (χ0n) is 22.7. The van der Waals surface area contributed by atoms with Crippen LogP contribution in [0, 0.1) is 19.8 Å². The van der Waals surface area contributed by atoms with Crippen molar-refractivity contribution in [2.24, 2.45) is 5.92 Å². The Balaban J connectivity index is 1.25. The van der Waals surface area contributed by atoms with Gasteiger partial charge in [0.05, 0.1) is 11.8 Å². The van der Waals surface area contributed by atoms with Gasteiger partial charge in [0, 0.05) is 74.2 Å². The number of benzene rings is 1. The number of aryl methyl sites for hydroxylation is 2. The number of carbonyl (C=O) groups is 1. The minimum absolute atomic E-state index is 0.235. The molecule has 9 heteroatoms. The number of piperazine rings is 1. The number of aldehydes is 1. The van der Waals surface area contributed by atoms with Crippen LogP contribution in [0.15, 0.2) is 42.7 Å². The summed E-state index contributed by atoms with van der Waals surface area (Å²) in [6.07, 6.45) is 7.26. The van der Waals surface area contributed by atoms with Gasteiger partial charge in [0.1, 0.15) is 0 Å². The molecular weight excluding hydrogens is 478 g/mol. The molecule has 4 heterocycles. The van der Waals surface area contributed by atoms with Crippen LogP contribution in [0.1, 0.15) is 43.7 Å². The Hall–Kier alpha value is -3.30. The van der Waals surface area contributed by atoms with Crippen molar-refractivity contribution in [2.45, 2.75) is 52.3 Å². The maximum atomic E-state index is 12.0. The van der Waals surface area contributed by atoms with E-state index in [4.69, 9.17) is 9.97 Å². The molecule has 0 saturated carbocycles. The van der Waals surface area contributed by atoms with E-state index in [2.05, 4.69) is 44.1 Å². The van der Waals surface area contributed by atoms with Crippen LogP contribution in [-0.2, 0) is 4.79 Å². The average Bonchev–Trinajstić information content (AvgIpc) is 3.27. The van der Waals surface area contributed by atoms with Crippen LogP contribution in [-0.4, -0.2) is 81.4 Å². The molecule has 2 unspecified atom stereocenters. The van der Waals surface area contributed by atoms with Gasteiger partial charge in [0.15, 0.2) is 12.5 Å². The number of piperidine rings is 1. The van der Waals surface area contributed by atoms with Crippen LogP contribution >= 0.6 is 0 Å². The largest absolute Gasteiger partial charge is 0.393 e. The normalized spacial score (nSPS) is 18.9. The molecular formula is C29H39N7O2. The Morgan fingerprint density at radius 3 is 2.29 bits per heavy atom. The van der Waals surface area contributed by atoms with Crippen LogP contribution < -0.4 is 9.80 Å². The summed E-state index contributed by atoms with van der Waals surface area (Å²) in [6.45, 7) is 10.9. The van der Waals surface area contributed by atoms with Crippen molar-refractivity contribution in [3.05, 3.63) is 54.1 Å². The van der Waals surface area contributed by atoms with Crippen molar-refractivity contribution in [2.75, 3.05) is 49.1 Å². The number of aromatic nitrogens is 4. The number of rotatable bonds is 8. The average molecular weight is 518 g/mol. The maximum absolute atomic E-state index is 12.0. The van der Waals surface area contributed by atoms with E-state index >= 15 is 0 Å². The highest BCUT2D eigenvalue weighted by atomic mass is 16.3. The highest BCUT2D eigenvalue weighted by molar-refractivity contribution is 5.78. The summed E-state index contributed by atoms with van der Waals surface area (Å²) in [5.74, 6) is 1.35. The molecule has 0 aliphatic carbocycles. The molecule has 9 nitrogen and oxygen atoms in total. The van der Waals surface area contributed by atoms with E-state index in [1.807, 2.05) is 43.9 Å². The molecule has 2 fully saturated rings. The van der Waals surface area contributed by atoms with Gasteiger partial charge >= 0.3 is 0 Å². The molecule has 38 heavy (non-hydrogen) atoms. The molecule has 2 saturated heterocycles. The molecule has 2 aliphatic heterocycles. The third-order valence-corrected chi connectivity index (χ3v) is 7.87. The standard InChI is InChI=1S/C29H39N7O2/c1-21-16-22(2)36(32-21)28(20-37)34-14-12-33(13-15-34)27-7-5-4-6-26(27)25-18-30-29(31-19-25)35-10-8-24(9-11-35)17-23(3)38/h4-7,16,18-20,23-24,28,38H,8-15,17H2,1-3H3.